The normalized spacial score (nSPS) is 20.3. The van der Waals surface area contributed by atoms with Gasteiger partial charge in [0.25, 0.3) is 0 Å². The number of nitrogens with zero attached hydrogens (tertiary/aromatic N) is 1. The van der Waals surface area contributed by atoms with E-state index in [1.807, 2.05) is 44.2 Å². The van der Waals surface area contributed by atoms with Crippen molar-refractivity contribution >= 4 is 6.09 Å². The largest absolute Gasteiger partial charge is 0.512 e. The first-order valence-electron chi connectivity index (χ1n) is 8.40. The molecule has 1 unspecified atom stereocenters. The van der Waals surface area contributed by atoms with Crippen LogP contribution in [0.3, 0.4) is 0 Å². The molecule has 24 heavy (non-hydrogen) atoms. The van der Waals surface area contributed by atoms with Crippen molar-refractivity contribution in [1.82, 2.24) is 4.90 Å². The van der Waals surface area contributed by atoms with Gasteiger partial charge in [-0.25, -0.2) is 4.79 Å². The number of ether oxygens (including phenoxy) is 1. The topological polar surface area (TPSA) is 49.8 Å². The molecular weight excluding hydrogens is 302 g/mol. The van der Waals surface area contributed by atoms with Crippen LogP contribution >= 0.6 is 0 Å². The number of amides is 1. The highest BCUT2D eigenvalue weighted by atomic mass is 16.6. The molecule has 0 aromatic heterocycles. The summed E-state index contributed by atoms with van der Waals surface area (Å²) in [6, 6.07) is 9.63. The van der Waals surface area contributed by atoms with Crippen molar-refractivity contribution < 1.29 is 14.6 Å². The van der Waals surface area contributed by atoms with Crippen LogP contribution in [-0.4, -0.2) is 29.2 Å². The Balaban J connectivity index is 2.01. The molecule has 2 rings (SSSR count). The van der Waals surface area contributed by atoms with Gasteiger partial charge in [0.1, 0.15) is 6.61 Å². The summed E-state index contributed by atoms with van der Waals surface area (Å²) in [5.41, 5.74) is 1.69. The molecular formula is C20H27NO3. The smallest absolute Gasteiger partial charge is 0.410 e. The molecule has 0 spiro atoms. The fourth-order valence-electron chi connectivity index (χ4n) is 3.02. The molecule has 1 aliphatic rings. The minimum atomic E-state index is -0.471. The van der Waals surface area contributed by atoms with E-state index in [-0.39, 0.29) is 18.5 Å². The number of hydrogen-bond donors (Lipinski definition) is 1. The summed E-state index contributed by atoms with van der Waals surface area (Å²) in [5, 5.41) is 10.1. The van der Waals surface area contributed by atoms with Crippen LogP contribution < -0.4 is 0 Å². The van der Waals surface area contributed by atoms with Crippen LogP contribution in [0.5, 0.6) is 0 Å². The highest BCUT2D eigenvalue weighted by Crippen LogP contribution is 2.39. The fourth-order valence-corrected chi connectivity index (χ4v) is 3.02. The lowest BCUT2D eigenvalue weighted by Gasteiger charge is -2.41. The Bertz CT molecular complexity index is 605. The maximum atomic E-state index is 12.4. The Morgan fingerprint density at radius 1 is 1.38 bits per heavy atom. The molecule has 1 amide bonds. The number of aliphatic hydroxyl groups excluding tert-OH is 1. The van der Waals surface area contributed by atoms with Crippen LogP contribution in [-0.2, 0) is 11.3 Å². The molecule has 4 heteroatoms. The molecule has 4 nitrogen and oxygen atoms in total. The number of allylic oxidation sites excluding steroid dienone is 2. The van der Waals surface area contributed by atoms with Gasteiger partial charge in [0, 0.05) is 18.5 Å². The van der Waals surface area contributed by atoms with E-state index in [1.165, 1.54) is 5.57 Å². The average Bonchev–Trinajstić information content (AvgIpc) is 2.59. The molecule has 0 aliphatic carbocycles. The van der Waals surface area contributed by atoms with Crippen LogP contribution in [0.25, 0.3) is 0 Å². The second-order valence-corrected chi connectivity index (χ2v) is 6.78. The summed E-state index contributed by atoms with van der Waals surface area (Å²) >= 11 is 0. The van der Waals surface area contributed by atoms with E-state index in [2.05, 4.69) is 12.7 Å². The van der Waals surface area contributed by atoms with Gasteiger partial charge in [-0.2, -0.15) is 0 Å². The summed E-state index contributed by atoms with van der Waals surface area (Å²) < 4.78 is 5.43. The van der Waals surface area contributed by atoms with E-state index in [1.54, 1.807) is 4.90 Å². The highest BCUT2D eigenvalue weighted by Gasteiger charge is 2.39. The second kappa shape index (κ2) is 8.04. The van der Waals surface area contributed by atoms with Crippen LogP contribution in [0.15, 0.2) is 54.3 Å². The van der Waals surface area contributed by atoms with Crippen molar-refractivity contribution in [2.75, 3.05) is 13.1 Å². The quantitative estimate of drug-likeness (QED) is 0.621. The average molecular weight is 329 g/mol. The molecule has 0 bridgehead atoms. The maximum Gasteiger partial charge on any atom is 0.410 e. The summed E-state index contributed by atoms with van der Waals surface area (Å²) in [7, 11) is 0. The number of rotatable bonds is 5. The first kappa shape index (κ1) is 18.1. The zero-order valence-corrected chi connectivity index (χ0v) is 14.6. The summed E-state index contributed by atoms with van der Waals surface area (Å²) in [6.07, 6.45) is 4.11. The number of piperidine rings is 1. The predicted molar refractivity (Wildman–Crippen MR) is 95.7 cm³/mol. The first-order chi connectivity index (χ1) is 11.4. The molecule has 1 heterocycles. The van der Waals surface area contributed by atoms with Gasteiger partial charge in [0.05, 0.1) is 5.76 Å². The molecule has 130 valence electrons. The van der Waals surface area contributed by atoms with Crippen LogP contribution in [0, 0.1) is 5.41 Å². The van der Waals surface area contributed by atoms with Crippen molar-refractivity contribution in [2.24, 2.45) is 5.41 Å². The molecule has 1 aromatic rings. The standard InChI is InChI=1S/C20H27NO3/c1-16(2)10-12-20(17(3)22)11-7-13-21(15-20)19(23)24-14-18-8-5-4-6-9-18/h4-6,8-10,22H,3,7,11-15H2,1-2H3. The molecule has 1 aliphatic heterocycles. The summed E-state index contributed by atoms with van der Waals surface area (Å²) in [5.74, 6) is 0.153. The number of likely N-dealkylation sites (tertiary alicyclic amines) is 1. The van der Waals surface area contributed by atoms with Crippen LogP contribution in [0.1, 0.15) is 38.7 Å². The molecule has 1 N–H and O–H groups in total. The molecule has 0 radical (unpaired) electrons. The highest BCUT2D eigenvalue weighted by molar-refractivity contribution is 5.68. The third-order valence-corrected chi connectivity index (χ3v) is 4.55. The maximum absolute atomic E-state index is 12.4. The van der Waals surface area contributed by atoms with Gasteiger partial charge in [0.2, 0.25) is 0 Å². The van der Waals surface area contributed by atoms with Crippen molar-refractivity contribution in [2.45, 2.75) is 39.7 Å². The Morgan fingerprint density at radius 2 is 2.08 bits per heavy atom. The SMILES string of the molecule is C=C(O)C1(CC=C(C)C)CCCN(C(=O)OCc2ccccc2)C1. The lowest BCUT2D eigenvalue weighted by molar-refractivity contribution is 0.0500. The first-order valence-corrected chi connectivity index (χ1v) is 8.40. The second-order valence-electron chi connectivity index (χ2n) is 6.78. The third-order valence-electron chi connectivity index (χ3n) is 4.55. The lowest BCUT2D eigenvalue weighted by Crippen LogP contribution is -2.47. The third kappa shape index (κ3) is 4.63. The Labute approximate surface area is 144 Å². The zero-order valence-electron chi connectivity index (χ0n) is 14.6. The predicted octanol–water partition coefficient (Wildman–Crippen LogP) is 4.83. The van der Waals surface area contributed by atoms with Gasteiger partial charge >= 0.3 is 6.09 Å². The van der Waals surface area contributed by atoms with Crippen molar-refractivity contribution in [3.05, 3.63) is 59.9 Å². The van der Waals surface area contributed by atoms with Gasteiger partial charge < -0.3 is 14.7 Å². The Hall–Kier alpha value is -2.23. The Morgan fingerprint density at radius 3 is 2.71 bits per heavy atom. The van der Waals surface area contributed by atoms with Gasteiger partial charge in [-0.3, -0.25) is 0 Å². The monoisotopic (exact) mass is 329 g/mol. The van der Waals surface area contributed by atoms with E-state index >= 15 is 0 Å². The molecule has 0 saturated carbocycles. The number of hydrogen-bond acceptors (Lipinski definition) is 3. The van der Waals surface area contributed by atoms with Crippen LogP contribution in [0.2, 0.25) is 0 Å². The van der Waals surface area contributed by atoms with Gasteiger partial charge in [-0.05, 0) is 38.7 Å². The number of carbonyl (C=O) groups excluding carboxylic acids is 1. The summed E-state index contributed by atoms with van der Waals surface area (Å²) in [4.78, 5) is 14.1. The van der Waals surface area contributed by atoms with Crippen molar-refractivity contribution in [3.8, 4) is 0 Å². The minimum Gasteiger partial charge on any atom is -0.512 e. The van der Waals surface area contributed by atoms with E-state index in [0.717, 1.165) is 18.4 Å². The molecule has 1 atom stereocenters. The minimum absolute atomic E-state index is 0.153. The summed E-state index contributed by atoms with van der Waals surface area (Å²) in [6.45, 7) is 9.18. The van der Waals surface area contributed by atoms with E-state index in [4.69, 9.17) is 4.74 Å². The van der Waals surface area contributed by atoms with E-state index in [9.17, 15) is 9.90 Å². The van der Waals surface area contributed by atoms with Gasteiger partial charge in [0.15, 0.2) is 0 Å². The number of benzene rings is 1. The van der Waals surface area contributed by atoms with Crippen LogP contribution in [0.4, 0.5) is 4.79 Å². The Kier molecular flexibility index (Phi) is 6.07. The van der Waals surface area contributed by atoms with Gasteiger partial charge in [-0.1, -0.05) is 48.6 Å². The van der Waals surface area contributed by atoms with Crippen molar-refractivity contribution in [1.29, 1.82) is 0 Å². The fraction of sp³-hybridized carbons (Fsp3) is 0.450. The number of aliphatic hydroxyl groups is 1. The zero-order chi connectivity index (χ0) is 17.6. The number of carbonyl (C=O) groups is 1. The van der Waals surface area contributed by atoms with E-state index in [0.29, 0.717) is 19.5 Å². The van der Waals surface area contributed by atoms with E-state index < -0.39 is 5.41 Å². The van der Waals surface area contributed by atoms with Gasteiger partial charge in [-0.15, -0.1) is 0 Å². The molecule has 1 fully saturated rings. The lowest BCUT2D eigenvalue weighted by atomic mass is 9.75. The molecule has 1 saturated heterocycles. The molecule has 1 aromatic carbocycles. The van der Waals surface area contributed by atoms with Crippen molar-refractivity contribution in [3.63, 3.8) is 0 Å².